The van der Waals surface area contributed by atoms with Crippen molar-refractivity contribution in [3.63, 3.8) is 0 Å². The minimum absolute atomic E-state index is 0. The molecule has 0 fully saturated rings. The van der Waals surface area contributed by atoms with E-state index in [4.69, 9.17) is 0 Å². The Morgan fingerprint density at radius 2 is 2.14 bits per heavy atom. The summed E-state index contributed by atoms with van der Waals surface area (Å²) in [5.74, 6) is 0. The van der Waals surface area contributed by atoms with Gasteiger partial charge in [-0.05, 0) is 13.0 Å². The van der Waals surface area contributed by atoms with E-state index in [1.807, 2.05) is 0 Å². The summed E-state index contributed by atoms with van der Waals surface area (Å²) in [6, 6.07) is 0. The molecule has 0 saturated carbocycles. The van der Waals surface area contributed by atoms with Gasteiger partial charge in [-0.2, -0.15) is 0 Å². The Hall–Kier alpha value is 1.01. The molecule has 0 unspecified atom stereocenters. The fraction of sp³-hybridized carbons (Fsp3) is 0.800. The molecule has 0 bridgehead atoms. The smallest absolute Gasteiger partial charge is 0 e. The van der Waals surface area contributed by atoms with Crippen molar-refractivity contribution in [1.82, 2.24) is 5.32 Å². The average molecular weight is 324 g/mol. The average Bonchev–Trinajstić information content (AvgIpc) is 1.61. The normalized spacial score (nSPS) is 7.71. The molecule has 1 N–H and O–H groups in total. The molecule has 7 heavy (non-hydrogen) atoms. The zero-order valence-corrected chi connectivity index (χ0v) is 8.99. The van der Waals surface area contributed by atoms with Gasteiger partial charge in [0.2, 0.25) is 0 Å². The van der Waals surface area contributed by atoms with Crippen LogP contribution in [0.2, 0.25) is 0 Å². The predicted octanol–water partition coefficient (Wildman–Crippen LogP) is 0.820. The second-order valence-electron chi connectivity index (χ2n) is 1.25. The van der Waals surface area contributed by atoms with Crippen molar-refractivity contribution in [2.24, 2.45) is 0 Å². The van der Waals surface area contributed by atoms with Crippen LogP contribution in [0.3, 0.4) is 0 Å². The van der Waals surface area contributed by atoms with Crippen molar-refractivity contribution in [2.45, 2.75) is 13.3 Å². The van der Waals surface area contributed by atoms with Crippen LogP contribution < -0.4 is 5.32 Å². The molecule has 0 aromatic carbocycles. The van der Waals surface area contributed by atoms with Crippen LogP contribution in [0, 0.1) is 38.0 Å². The van der Waals surface area contributed by atoms with E-state index in [1.165, 1.54) is 6.42 Å². The van der Waals surface area contributed by atoms with Gasteiger partial charge in [0.15, 0.2) is 0 Å². The Morgan fingerprint density at radius 1 is 1.57 bits per heavy atom. The Balaban J connectivity index is 0. The summed E-state index contributed by atoms with van der Waals surface area (Å²) >= 11 is 0. The molecule has 0 spiro atoms. The molecular weight excluding hydrogens is 312 g/mol. The van der Waals surface area contributed by atoms with Crippen LogP contribution in [-0.4, -0.2) is 13.1 Å². The summed E-state index contributed by atoms with van der Waals surface area (Å²) in [6.45, 7) is 7.71. The molecule has 1 nitrogen and oxygen atoms in total. The quantitative estimate of drug-likeness (QED) is 0.599. The molecule has 0 aromatic rings. The second-order valence-corrected chi connectivity index (χ2v) is 1.25. The Morgan fingerprint density at radius 3 is 2.29 bits per heavy atom. The van der Waals surface area contributed by atoms with Crippen LogP contribution in [0.25, 0.3) is 0 Å². The molecule has 2 heteroatoms. The molecule has 0 heterocycles. The number of hydrogen-bond acceptors (Lipinski definition) is 1. The first-order valence-electron chi connectivity index (χ1n) is 2.41. The second kappa shape index (κ2) is 10.1. The van der Waals surface area contributed by atoms with Crippen molar-refractivity contribution < 1.29 is 31.1 Å². The summed E-state index contributed by atoms with van der Waals surface area (Å²) in [7, 11) is 0. The van der Waals surface area contributed by atoms with E-state index >= 15 is 0 Å². The van der Waals surface area contributed by atoms with Crippen LogP contribution in [0.4, 0.5) is 0 Å². The van der Waals surface area contributed by atoms with E-state index in [0.29, 0.717) is 0 Å². The Labute approximate surface area is 69.6 Å². The molecular formula is C5H12NU-. The zero-order valence-electron chi connectivity index (χ0n) is 4.83. The SMILES string of the molecule is [CH2-]CNCCC.[U]. The van der Waals surface area contributed by atoms with Gasteiger partial charge >= 0.3 is 0 Å². The Kier molecular flexibility index (Phi) is 15.7. The van der Waals surface area contributed by atoms with E-state index in [9.17, 15) is 0 Å². The standard InChI is InChI=1S/C5H12N.U/c1-3-5-6-4-2;/h6H,2-5H2,1H3;/q-1;. The first-order chi connectivity index (χ1) is 2.91. The van der Waals surface area contributed by atoms with Gasteiger partial charge in [-0.1, -0.05) is 6.92 Å². The van der Waals surface area contributed by atoms with Crippen molar-refractivity contribution in [3.05, 3.63) is 6.92 Å². The number of nitrogens with one attached hydrogen (secondary N) is 1. The first kappa shape index (κ1) is 10.9. The molecule has 0 aliphatic rings. The van der Waals surface area contributed by atoms with Crippen molar-refractivity contribution in [1.29, 1.82) is 0 Å². The summed E-state index contributed by atoms with van der Waals surface area (Å²) < 4.78 is 0. The van der Waals surface area contributed by atoms with E-state index in [1.54, 1.807) is 0 Å². The summed E-state index contributed by atoms with van der Waals surface area (Å²) in [4.78, 5) is 0. The van der Waals surface area contributed by atoms with Crippen LogP contribution in [0.15, 0.2) is 0 Å². The van der Waals surface area contributed by atoms with Gasteiger partial charge in [0.25, 0.3) is 0 Å². The van der Waals surface area contributed by atoms with Gasteiger partial charge in [-0.3, -0.25) is 0 Å². The molecule has 0 aromatic heterocycles. The van der Waals surface area contributed by atoms with Crippen molar-refractivity contribution >= 4 is 0 Å². The third kappa shape index (κ3) is 10.9. The molecule has 0 rings (SSSR count). The zero-order chi connectivity index (χ0) is 4.83. The topological polar surface area (TPSA) is 12.0 Å². The minimum Gasteiger partial charge on any atom is -0.346 e. The maximum atomic E-state index is 3.61. The van der Waals surface area contributed by atoms with E-state index in [2.05, 4.69) is 19.2 Å². The molecule has 0 radical (unpaired) electrons. The van der Waals surface area contributed by atoms with Crippen LogP contribution in [0.1, 0.15) is 13.3 Å². The minimum atomic E-state index is 0. The predicted molar refractivity (Wildman–Crippen MR) is 28.5 cm³/mol. The third-order valence-corrected chi connectivity index (χ3v) is 0.604. The molecule has 0 saturated heterocycles. The van der Waals surface area contributed by atoms with Gasteiger partial charge in [0.1, 0.15) is 0 Å². The van der Waals surface area contributed by atoms with E-state index in [0.717, 1.165) is 13.1 Å². The molecule has 0 amide bonds. The number of rotatable bonds is 3. The van der Waals surface area contributed by atoms with Crippen LogP contribution in [0.5, 0.6) is 0 Å². The molecule has 0 atom stereocenters. The maximum absolute atomic E-state index is 3.61. The molecule has 0 aliphatic carbocycles. The summed E-state index contributed by atoms with van der Waals surface area (Å²) in [5, 5.41) is 3.09. The third-order valence-electron chi connectivity index (χ3n) is 0.604. The van der Waals surface area contributed by atoms with Crippen LogP contribution >= 0.6 is 0 Å². The van der Waals surface area contributed by atoms with Crippen molar-refractivity contribution in [2.75, 3.05) is 13.1 Å². The first-order valence-corrected chi connectivity index (χ1v) is 2.41. The maximum Gasteiger partial charge on any atom is 0 e. The van der Waals surface area contributed by atoms with E-state index in [-0.39, 0.29) is 31.1 Å². The molecule has 42 valence electrons. The van der Waals surface area contributed by atoms with Gasteiger partial charge in [0.05, 0.1) is 0 Å². The monoisotopic (exact) mass is 324 g/mol. The Bertz CT molecular complexity index is 20.0. The van der Waals surface area contributed by atoms with E-state index < -0.39 is 0 Å². The van der Waals surface area contributed by atoms with Gasteiger partial charge in [0, 0.05) is 31.1 Å². The fourth-order valence-corrected chi connectivity index (χ4v) is 0.302. The van der Waals surface area contributed by atoms with Gasteiger partial charge in [-0.25, -0.2) is 0 Å². The van der Waals surface area contributed by atoms with Crippen LogP contribution in [-0.2, 0) is 0 Å². The fourth-order valence-electron chi connectivity index (χ4n) is 0.302. The van der Waals surface area contributed by atoms with Gasteiger partial charge < -0.3 is 12.2 Å². The largest absolute Gasteiger partial charge is 0.346 e. The molecule has 0 aliphatic heterocycles. The summed E-state index contributed by atoms with van der Waals surface area (Å²) in [5.41, 5.74) is 0. The van der Waals surface area contributed by atoms with Gasteiger partial charge in [-0.15, -0.1) is 6.54 Å². The number of hydrogen-bond donors (Lipinski definition) is 1. The summed E-state index contributed by atoms with van der Waals surface area (Å²) in [6.07, 6.45) is 1.20. The van der Waals surface area contributed by atoms with Crippen molar-refractivity contribution in [3.8, 4) is 0 Å².